The van der Waals surface area contributed by atoms with E-state index in [0.29, 0.717) is 43.3 Å². The van der Waals surface area contributed by atoms with E-state index in [1.54, 1.807) is 30.3 Å². The van der Waals surface area contributed by atoms with Crippen LogP contribution in [0.2, 0.25) is 15.1 Å². The van der Waals surface area contributed by atoms with E-state index in [-0.39, 0.29) is 0 Å². The summed E-state index contributed by atoms with van der Waals surface area (Å²) in [6, 6.07) is 8.37. The monoisotopic (exact) mass is 312 g/mol. The van der Waals surface area contributed by atoms with Crippen LogP contribution in [0, 0.1) is 0 Å². The molecule has 96 valence electrons. The molecule has 0 aliphatic heterocycles. The Morgan fingerprint density at radius 3 is 2.58 bits per heavy atom. The molecule has 3 aromatic rings. The van der Waals surface area contributed by atoms with Crippen molar-refractivity contribution in [2.75, 3.05) is 5.73 Å². The summed E-state index contributed by atoms with van der Waals surface area (Å²) in [6.07, 6.45) is 0. The van der Waals surface area contributed by atoms with Crippen molar-refractivity contribution in [3.05, 3.63) is 45.4 Å². The molecule has 2 N–H and O–H groups in total. The van der Waals surface area contributed by atoms with Gasteiger partial charge in [0.1, 0.15) is 5.52 Å². The molecule has 0 atom stereocenters. The van der Waals surface area contributed by atoms with Crippen LogP contribution in [0.3, 0.4) is 0 Å². The number of nitrogen functional groups attached to an aromatic ring is 1. The number of benzene rings is 2. The lowest BCUT2D eigenvalue weighted by Crippen LogP contribution is -1.84. The average Bonchev–Trinajstić information content (AvgIpc) is 2.75. The second-order valence-electron chi connectivity index (χ2n) is 3.98. The zero-order valence-electron chi connectivity index (χ0n) is 9.45. The number of aromatic nitrogens is 1. The van der Waals surface area contributed by atoms with Gasteiger partial charge in [-0.2, -0.15) is 0 Å². The van der Waals surface area contributed by atoms with E-state index in [4.69, 9.17) is 45.0 Å². The predicted octanol–water partition coefficient (Wildman–Crippen LogP) is 5.04. The fraction of sp³-hybridized carbons (Fsp3) is 0. The van der Waals surface area contributed by atoms with Gasteiger partial charge in [-0.1, -0.05) is 34.8 Å². The van der Waals surface area contributed by atoms with E-state index >= 15 is 0 Å². The van der Waals surface area contributed by atoms with Gasteiger partial charge >= 0.3 is 0 Å². The summed E-state index contributed by atoms with van der Waals surface area (Å²) >= 11 is 18.0. The van der Waals surface area contributed by atoms with Gasteiger partial charge in [-0.05, 0) is 24.3 Å². The number of hydrogen-bond donors (Lipinski definition) is 1. The molecule has 2 aromatic carbocycles. The number of halogens is 3. The highest BCUT2D eigenvalue weighted by Gasteiger charge is 2.13. The van der Waals surface area contributed by atoms with Crippen molar-refractivity contribution in [3.8, 4) is 11.5 Å². The van der Waals surface area contributed by atoms with Crippen LogP contribution in [0.4, 0.5) is 5.69 Å². The standard InChI is InChI=1S/C13H7Cl3N2O/c14-6-1-2-8(15)7(3-6)13-18-11-4-9(16)10(17)5-12(11)19-13/h1-5H,17H2. The smallest absolute Gasteiger partial charge is 0.228 e. The maximum atomic E-state index is 6.11. The van der Waals surface area contributed by atoms with Gasteiger partial charge in [0.15, 0.2) is 5.58 Å². The minimum absolute atomic E-state index is 0.379. The molecule has 19 heavy (non-hydrogen) atoms. The van der Waals surface area contributed by atoms with Gasteiger partial charge in [0.2, 0.25) is 5.89 Å². The summed E-state index contributed by atoms with van der Waals surface area (Å²) in [5.74, 6) is 0.379. The van der Waals surface area contributed by atoms with E-state index in [2.05, 4.69) is 4.98 Å². The van der Waals surface area contributed by atoms with Gasteiger partial charge < -0.3 is 10.2 Å². The third-order valence-electron chi connectivity index (χ3n) is 2.67. The third-order valence-corrected chi connectivity index (χ3v) is 3.56. The Labute approximate surface area is 123 Å². The first-order valence-electron chi connectivity index (χ1n) is 5.35. The molecule has 0 unspecified atom stereocenters. The Hall–Kier alpha value is -1.42. The molecule has 0 radical (unpaired) electrons. The van der Waals surface area contributed by atoms with Crippen molar-refractivity contribution in [2.45, 2.75) is 0 Å². The number of nitrogens with two attached hydrogens (primary N) is 1. The highest BCUT2D eigenvalue weighted by atomic mass is 35.5. The lowest BCUT2D eigenvalue weighted by Gasteiger charge is -1.99. The van der Waals surface area contributed by atoms with E-state index in [1.807, 2.05) is 0 Å². The van der Waals surface area contributed by atoms with E-state index in [0.717, 1.165) is 0 Å². The molecule has 1 heterocycles. The van der Waals surface area contributed by atoms with Crippen molar-refractivity contribution in [2.24, 2.45) is 0 Å². The van der Waals surface area contributed by atoms with Crippen LogP contribution in [0.25, 0.3) is 22.6 Å². The molecule has 0 aliphatic carbocycles. The molecule has 0 saturated heterocycles. The Morgan fingerprint density at radius 1 is 1.00 bits per heavy atom. The molecule has 1 aromatic heterocycles. The van der Waals surface area contributed by atoms with Gasteiger partial charge in [-0.15, -0.1) is 0 Å². The molecular formula is C13H7Cl3N2O. The highest BCUT2D eigenvalue weighted by molar-refractivity contribution is 6.35. The molecule has 0 fully saturated rings. The molecule has 0 aliphatic rings. The molecule has 0 bridgehead atoms. The summed E-state index contributed by atoms with van der Waals surface area (Å²) in [6.45, 7) is 0. The first-order valence-corrected chi connectivity index (χ1v) is 6.49. The average molecular weight is 314 g/mol. The molecule has 3 rings (SSSR count). The number of fused-ring (bicyclic) bond motifs is 1. The van der Waals surface area contributed by atoms with Crippen LogP contribution in [0.15, 0.2) is 34.7 Å². The SMILES string of the molecule is Nc1cc2oc(-c3cc(Cl)ccc3Cl)nc2cc1Cl. The molecule has 0 spiro atoms. The van der Waals surface area contributed by atoms with Crippen molar-refractivity contribution in [1.29, 1.82) is 0 Å². The number of hydrogen-bond acceptors (Lipinski definition) is 3. The Balaban J connectivity index is 2.23. The second kappa shape index (κ2) is 4.60. The number of anilines is 1. The summed E-state index contributed by atoms with van der Waals surface area (Å²) in [4.78, 5) is 4.34. The first kappa shape index (κ1) is 12.6. The third kappa shape index (κ3) is 2.25. The summed E-state index contributed by atoms with van der Waals surface area (Å²) in [5.41, 5.74) is 7.95. The summed E-state index contributed by atoms with van der Waals surface area (Å²) < 4.78 is 5.63. The molecule has 3 nitrogen and oxygen atoms in total. The first-order chi connectivity index (χ1) is 9.04. The van der Waals surface area contributed by atoms with Crippen LogP contribution < -0.4 is 5.73 Å². The van der Waals surface area contributed by atoms with E-state index in [9.17, 15) is 0 Å². The van der Waals surface area contributed by atoms with Crippen LogP contribution in [0.5, 0.6) is 0 Å². The maximum absolute atomic E-state index is 6.11. The Kier molecular flexibility index (Phi) is 3.05. The summed E-state index contributed by atoms with van der Waals surface area (Å²) in [5, 5.41) is 1.50. The topological polar surface area (TPSA) is 52.0 Å². The summed E-state index contributed by atoms with van der Waals surface area (Å²) in [7, 11) is 0. The fourth-order valence-corrected chi connectivity index (χ4v) is 2.27. The zero-order chi connectivity index (χ0) is 13.6. The number of rotatable bonds is 1. The van der Waals surface area contributed by atoms with Gasteiger partial charge in [0, 0.05) is 11.1 Å². The number of nitrogens with zero attached hydrogens (tertiary/aromatic N) is 1. The predicted molar refractivity (Wildman–Crippen MR) is 78.9 cm³/mol. The van der Waals surface area contributed by atoms with Gasteiger partial charge in [0.25, 0.3) is 0 Å². The van der Waals surface area contributed by atoms with Crippen LogP contribution >= 0.6 is 34.8 Å². The Morgan fingerprint density at radius 2 is 1.79 bits per heavy atom. The zero-order valence-corrected chi connectivity index (χ0v) is 11.7. The quantitative estimate of drug-likeness (QED) is 0.640. The van der Waals surface area contributed by atoms with Crippen LogP contribution in [-0.4, -0.2) is 4.98 Å². The maximum Gasteiger partial charge on any atom is 0.228 e. The fourth-order valence-electron chi connectivity index (χ4n) is 1.74. The molecular weight excluding hydrogens is 307 g/mol. The van der Waals surface area contributed by atoms with Gasteiger partial charge in [0.05, 0.1) is 21.3 Å². The minimum atomic E-state index is 0.379. The lowest BCUT2D eigenvalue weighted by atomic mass is 10.2. The number of oxazole rings is 1. The molecule has 6 heteroatoms. The van der Waals surface area contributed by atoms with Crippen LogP contribution in [0.1, 0.15) is 0 Å². The van der Waals surface area contributed by atoms with E-state index < -0.39 is 0 Å². The Bertz CT molecular complexity index is 744. The van der Waals surface area contributed by atoms with Gasteiger partial charge in [-0.3, -0.25) is 0 Å². The lowest BCUT2D eigenvalue weighted by molar-refractivity contribution is 0.620. The van der Waals surface area contributed by atoms with Crippen molar-refractivity contribution >= 4 is 51.6 Å². The largest absolute Gasteiger partial charge is 0.436 e. The van der Waals surface area contributed by atoms with Crippen molar-refractivity contribution < 1.29 is 4.42 Å². The molecule has 0 amide bonds. The minimum Gasteiger partial charge on any atom is -0.436 e. The highest BCUT2D eigenvalue weighted by Crippen LogP contribution is 2.34. The van der Waals surface area contributed by atoms with E-state index in [1.165, 1.54) is 0 Å². The molecule has 0 saturated carbocycles. The van der Waals surface area contributed by atoms with Crippen molar-refractivity contribution in [3.63, 3.8) is 0 Å². The van der Waals surface area contributed by atoms with Crippen LogP contribution in [-0.2, 0) is 0 Å². The normalized spacial score (nSPS) is 11.1. The van der Waals surface area contributed by atoms with Gasteiger partial charge in [-0.25, -0.2) is 4.98 Å². The van der Waals surface area contributed by atoms with Crippen molar-refractivity contribution in [1.82, 2.24) is 4.98 Å². The second-order valence-corrected chi connectivity index (χ2v) is 5.24.